The van der Waals surface area contributed by atoms with E-state index in [1.54, 1.807) is 6.07 Å². The van der Waals surface area contributed by atoms with Gasteiger partial charge in [-0.2, -0.15) is 0 Å². The van der Waals surface area contributed by atoms with E-state index in [2.05, 4.69) is 15.1 Å². The minimum absolute atomic E-state index is 0.192. The van der Waals surface area contributed by atoms with Gasteiger partial charge < -0.3 is 9.32 Å². The van der Waals surface area contributed by atoms with Crippen molar-refractivity contribution in [1.29, 1.82) is 0 Å². The van der Waals surface area contributed by atoms with Crippen LogP contribution in [0.2, 0.25) is 5.02 Å². The molecule has 0 N–H and O–H groups in total. The molecule has 25 heavy (non-hydrogen) atoms. The molecule has 7 heteroatoms. The largest absolute Gasteiger partial charge is 0.411 e. The maximum Gasteiger partial charge on any atom is 0.277 e. The Balaban J connectivity index is 1.39. The highest BCUT2D eigenvalue weighted by Crippen LogP contribution is 2.35. The molecule has 132 valence electrons. The van der Waals surface area contributed by atoms with Crippen molar-refractivity contribution in [2.75, 3.05) is 5.75 Å². The van der Waals surface area contributed by atoms with E-state index < -0.39 is 0 Å². The topological polar surface area (TPSA) is 59.2 Å². The molecule has 0 radical (unpaired) electrons. The van der Waals surface area contributed by atoms with Gasteiger partial charge in [-0.25, -0.2) is 0 Å². The second-order valence-electron chi connectivity index (χ2n) is 6.61. The number of rotatable bonds is 6. The van der Waals surface area contributed by atoms with Crippen LogP contribution in [-0.4, -0.2) is 38.8 Å². The van der Waals surface area contributed by atoms with Crippen molar-refractivity contribution in [2.45, 2.75) is 55.8 Å². The van der Waals surface area contributed by atoms with E-state index in [0.29, 0.717) is 39.5 Å². The molecule has 2 fully saturated rings. The van der Waals surface area contributed by atoms with Gasteiger partial charge in [0, 0.05) is 12.1 Å². The standard InChI is InChI=1S/C18H20ClN3O2S/c19-15-8-4-3-7-14(15)17-20-21-18(24-17)25-11-16(23)22(13-9-10-13)12-5-1-2-6-12/h3-4,7-8,12-13H,1-2,5-6,9-11H2. The summed E-state index contributed by atoms with van der Waals surface area (Å²) in [6.07, 6.45) is 7.04. The summed E-state index contributed by atoms with van der Waals surface area (Å²) in [7, 11) is 0. The van der Waals surface area contributed by atoms with Crippen LogP contribution in [0.5, 0.6) is 0 Å². The fourth-order valence-electron chi connectivity index (χ4n) is 3.45. The van der Waals surface area contributed by atoms with Gasteiger partial charge >= 0.3 is 0 Å². The number of thioether (sulfide) groups is 1. The molecule has 1 aromatic heterocycles. The van der Waals surface area contributed by atoms with Crippen molar-refractivity contribution in [2.24, 2.45) is 0 Å². The summed E-state index contributed by atoms with van der Waals surface area (Å²) in [5.74, 6) is 0.921. The van der Waals surface area contributed by atoms with Crippen LogP contribution in [0.25, 0.3) is 11.5 Å². The highest BCUT2D eigenvalue weighted by Gasteiger charge is 2.38. The number of benzene rings is 1. The molecule has 5 nitrogen and oxygen atoms in total. The van der Waals surface area contributed by atoms with E-state index in [0.717, 1.165) is 25.7 Å². The predicted molar refractivity (Wildman–Crippen MR) is 97.6 cm³/mol. The van der Waals surface area contributed by atoms with Crippen LogP contribution in [0.3, 0.4) is 0 Å². The molecule has 1 amide bonds. The molecule has 2 saturated carbocycles. The van der Waals surface area contributed by atoms with Crippen LogP contribution in [-0.2, 0) is 4.79 Å². The quantitative estimate of drug-likeness (QED) is 0.697. The van der Waals surface area contributed by atoms with Crippen molar-refractivity contribution in [3.63, 3.8) is 0 Å². The summed E-state index contributed by atoms with van der Waals surface area (Å²) in [5.41, 5.74) is 0.709. The summed E-state index contributed by atoms with van der Waals surface area (Å²) in [6, 6.07) is 8.24. The number of hydrogen-bond donors (Lipinski definition) is 0. The number of nitrogens with zero attached hydrogens (tertiary/aromatic N) is 3. The SMILES string of the molecule is O=C(CSc1nnc(-c2ccccc2Cl)o1)N(C1CCCC1)C1CC1. The average Bonchev–Trinajstić information content (AvgIpc) is 3.10. The van der Waals surface area contributed by atoms with Crippen LogP contribution < -0.4 is 0 Å². The Labute approximate surface area is 156 Å². The van der Waals surface area contributed by atoms with Crippen LogP contribution in [0.1, 0.15) is 38.5 Å². The van der Waals surface area contributed by atoms with Gasteiger partial charge in [0.05, 0.1) is 16.3 Å². The van der Waals surface area contributed by atoms with E-state index in [1.165, 1.54) is 24.6 Å². The Hall–Kier alpha value is -1.53. The molecule has 1 aromatic carbocycles. The Kier molecular flexibility index (Phi) is 4.99. The minimum Gasteiger partial charge on any atom is -0.411 e. The molecule has 0 spiro atoms. The summed E-state index contributed by atoms with van der Waals surface area (Å²) in [4.78, 5) is 14.8. The molecule has 2 aliphatic carbocycles. The zero-order valence-electron chi connectivity index (χ0n) is 13.9. The summed E-state index contributed by atoms with van der Waals surface area (Å²) < 4.78 is 5.67. The molecule has 2 aliphatic rings. The second kappa shape index (κ2) is 7.38. The Morgan fingerprint density at radius 3 is 2.60 bits per heavy atom. The first-order valence-electron chi connectivity index (χ1n) is 8.75. The van der Waals surface area contributed by atoms with Gasteiger partial charge in [-0.05, 0) is 37.8 Å². The summed E-state index contributed by atoms with van der Waals surface area (Å²) in [6.45, 7) is 0. The maximum atomic E-state index is 12.7. The number of hydrogen-bond acceptors (Lipinski definition) is 5. The molecular weight excluding hydrogens is 358 g/mol. The molecule has 0 aliphatic heterocycles. The van der Waals surface area contributed by atoms with Crippen molar-refractivity contribution in [3.8, 4) is 11.5 Å². The fraction of sp³-hybridized carbons (Fsp3) is 0.500. The average molecular weight is 378 g/mol. The monoisotopic (exact) mass is 377 g/mol. The lowest BCUT2D eigenvalue weighted by Gasteiger charge is -2.28. The van der Waals surface area contributed by atoms with Gasteiger partial charge in [0.2, 0.25) is 11.8 Å². The van der Waals surface area contributed by atoms with E-state index in [-0.39, 0.29) is 5.91 Å². The number of aromatic nitrogens is 2. The Morgan fingerprint density at radius 1 is 1.16 bits per heavy atom. The highest BCUT2D eigenvalue weighted by molar-refractivity contribution is 7.99. The van der Waals surface area contributed by atoms with Crippen LogP contribution in [0.4, 0.5) is 0 Å². The fourth-order valence-corrected chi connectivity index (χ4v) is 4.30. The number of carbonyl (C=O) groups is 1. The molecular formula is C18H20ClN3O2S. The normalized spacial score (nSPS) is 17.8. The van der Waals surface area contributed by atoms with Gasteiger partial charge in [0.15, 0.2) is 0 Å². The van der Waals surface area contributed by atoms with E-state index in [4.69, 9.17) is 16.0 Å². The molecule has 0 atom stereocenters. The second-order valence-corrected chi connectivity index (χ2v) is 7.95. The van der Waals surface area contributed by atoms with Crippen LogP contribution in [0, 0.1) is 0 Å². The molecule has 0 saturated heterocycles. The highest BCUT2D eigenvalue weighted by atomic mass is 35.5. The van der Waals surface area contributed by atoms with Gasteiger partial charge in [-0.15, -0.1) is 10.2 Å². The Bertz CT molecular complexity index is 756. The van der Waals surface area contributed by atoms with Gasteiger partial charge in [-0.1, -0.05) is 48.3 Å². The van der Waals surface area contributed by atoms with Crippen molar-refractivity contribution < 1.29 is 9.21 Å². The van der Waals surface area contributed by atoms with Gasteiger partial charge in [0.1, 0.15) is 0 Å². The first-order valence-corrected chi connectivity index (χ1v) is 10.1. The molecule has 0 bridgehead atoms. The molecule has 4 rings (SSSR count). The summed E-state index contributed by atoms with van der Waals surface area (Å²) in [5, 5.41) is 9.07. The number of halogens is 1. The van der Waals surface area contributed by atoms with Gasteiger partial charge in [0.25, 0.3) is 5.22 Å². The predicted octanol–water partition coefficient (Wildman–Crippen LogP) is 4.42. The smallest absolute Gasteiger partial charge is 0.277 e. The molecule has 1 heterocycles. The lowest BCUT2D eigenvalue weighted by atomic mass is 10.2. The Morgan fingerprint density at radius 2 is 1.88 bits per heavy atom. The third-order valence-electron chi connectivity index (χ3n) is 4.78. The maximum absolute atomic E-state index is 12.7. The van der Waals surface area contributed by atoms with Crippen LogP contribution in [0.15, 0.2) is 33.9 Å². The lowest BCUT2D eigenvalue weighted by molar-refractivity contribution is -0.131. The zero-order valence-corrected chi connectivity index (χ0v) is 15.4. The zero-order chi connectivity index (χ0) is 17.2. The first-order chi connectivity index (χ1) is 12.2. The van der Waals surface area contributed by atoms with Crippen molar-refractivity contribution in [1.82, 2.24) is 15.1 Å². The van der Waals surface area contributed by atoms with Crippen molar-refractivity contribution in [3.05, 3.63) is 29.3 Å². The van der Waals surface area contributed by atoms with E-state index in [9.17, 15) is 4.79 Å². The number of amides is 1. The molecule has 0 unspecified atom stereocenters. The first kappa shape index (κ1) is 16.9. The molecule has 2 aromatic rings. The third-order valence-corrected chi connectivity index (χ3v) is 5.91. The third kappa shape index (κ3) is 3.85. The van der Waals surface area contributed by atoms with E-state index in [1.807, 2.05) is 18.2 Å². The number of carbonyl (C=O) groups excluding carboxylic acids is 1. The van der Waals surface area contributed by atoms with Crippen molar-refractivity contribution >= 4 is 29.3 Å². The minimum atomic E-state index is 0.192. The summed E-state index contributed by atoms with van der Waals surface area (Å²) >= 11 is 7.46. The van der Waals surface area contributed by atoms with E-state index >= 15 is 0 Å². The lowest BCUT2D eigenvalue weighted by Crippen LogP contribution is -2.41. The van der Waals surface area contributed by atoms with Crippen LogP contribution >= 0.6 is 23.4 Å². The van der Waals surface area contributed by atoms with Gasteiger partial charge in [-0.3, -0.25) is 4.79 Å².